The Kier molecular flexibility index (Phi) is 3.55. The predicted molar refractivity (Wildman–Crippen MR) is 52.8 cm³/mol. The molecule has 0 amide bonds. The number of alkyl halides is 3. The van der Waals surface area contributed by atoms with E-state index in [1.807, 2.05) is 0 Å². The Hall–Kier alpha value is -1.85. The number of carboxylic acids is 1. The summed E-state index contributed by atoms with van der Waals surface area (Å²) in [5.74, 6) is -2.63. The number of rotatable bonds is 2. The van der Waals surface area contributed by atoms with Gasteiger partial charge in [-0.25, -0.2) is 9.18 Å². The second kappa shape index (κ2) is 4.57. The average Bonchev–Trinajstić information content (AvgIpc) is 2.17. The molecule has 1 aromatic rings. The number of carboxylic acid groups (broad SMARTS) is 1. The van der Waals surface area contributed by atoms with Crippen molar-refractivity contribution in [3.05, 3.63) is 40.7 Å². The average molecular weight is 248 g/mol. The smallest absolute Gasteiger partial charge is 0.419 e. The van der Waals surface area contributed by atoms with E-state index in [0.717, 1.165) is 12.1 Å². The highest BCUT2D eigenvalue weighted by Crippen LogP contribution is 2.33. The summed E-state index contributed by atoms with van der Waals surface area (Å²) in [5.41, 5.74) is -1.61. The Morgan fingerprint density at radius 3 is 2.41 bits per heavy atom. The maximum absolute atomic E-state index is 13.2. The molecule has 1 rings (SSSR count). The molecule has 0 atom stereocenters. The lowest BCUT2D eigenvalue weighted by atomic mass is 10.0. The summed E-state index contributed by atoms with van der Waals surface area (Å²) in [6.45, 7) is 1.18. The number of hydrogen-bond acceptors (Lipinski definition) is 1. The maximum atomic E-state index is 13.2. The summed E-state index contributed by atoms with van der Waals surface area (Å²) in [5, 5.41) is 8.34. The summed E-state index contributed by atoms with van der Waals surface area (Å²) in [6, 6.07) is 1.71. The molecule has 0 aliphatic carbocycles. The monoisotopic (exact) mass is 248 g/mol. The van der Waals surface area contributed by atoms with Crippen LogP contribution in [-0.4, -0.2) is 11.1 Å². The number of benzene rings is 1. The second-order valence-electron chi connectivity index (χ2n) is 3.37. The lowest BCUT2D eigenvalue weighted by Gasteiger charge is -2.10. The van der Waals surface area contributed by atoms with Crippen LogP contribution in [0.2, 0.25) is 0 Å². The fourth-order valence-corrected chi connectivity index (χ4v) is 1.27. The summed E-state index contributed by atoms with van der Waals surface area (Å²) in [4.78, 5) is 10.2. The summed E-state index contributed by atoms with van der Waals surface area (Å²) < 4.78 is 50.5. The van der Waals surface area contributed by atoms with Crippen LogP contribution in [0, 0.1) is 12.7 Å². The zero-order valence-electron chi connectivity index (χ0n) is 8.68. The van der Waals surface area contributed by atoms with Gasteiger partial charge in [0.1, 0.15) is 5.82 Å². The van der Waals surface area contributed by atoms with E-state index in [2.05, 4.69) is 0 Å². The molecule has 17 heavy (non-hydrogen) atoms. The maximum Gasteiger partial charge on any atom is 0.419 e. The van der Waals surface area contributed by atoms with E-state index in [1.54, 1.807) is 0 Å². The molecule has 0 saturated heterocycles. The first-order chi connectivity index (χ1) is 7.71. The van der Waals surface area contributed by atoms with Crippen LogP contribution >= 0.6 is 0 Å². The third-order valence-corrected chi connectivity index (χ3v) is 2.00. The van der Waals surface area contributed by atoms with Crippen LogP contribution in [0.5, 0.6) is 0 Å². The van der Waals surface area contributed by atoms with Gasteiger partial charge in [-0.15, -0.1) is 0 Å². The Balaban J connectivity index is 3.29. The second-order valence-corrected chi connectivity index (χ2v) is 3.37. The normalized spacial score (nSPS) is 12.1. The molecule has 0 radical (unpaired) electrons. The van der Waals surface area contributed by atoms with E-state index in [9.17, 15) is 22.4 Å². The van der Waals surface area contributed by atoms with Crippen LogP contribution in [0.1, 0.15) is 16.7 Å². The van der Waals surface area contributed by atoms with Crippen molar-refractivity contribution in [1.29, 1.82) is 0 Å². The minimum absolute atomic E-state index is 0.0152. The van der Waals surface area contributed by atoms with Gasteiger partial charge in [0.2, 0.25) is 0 Å². The highest BCUT2D eigenvalue weighted by molar-refractivity contribution is 5.85. The Labute approximate surface area is 94.2 Å². The Morgan fingerprint density at radius 2 is 1.94 bits per heavy atom. The molecule has 0 spiro atoms. The van der Waals surface area contributed by atoms with Gasteiger partial charge in [-0.3, -0.25) is 0 Å². The fourth-order valence-electron chi connectivity index (χ4n) is 1.27. The third-order valence-electron chi connectivity index (χ3n) is 2.00. The number of aryl methyl sites for hydroxylation is 1. The van der Waals surface area contributed by atoms with Crippen LogP contribution in [-0.2, 0) is 11.0 Å². The van der Waals surface area contributed by atoms with Gasteiger partial charge in [-0.2, -0.15) is 13.2 Å². The number of halogens is 4. The molecular weight excluding hydrogens is 240 g/mol. The summed E-state index contributed by atoms with van der Waals surface area (Å²) in [7, 11) is 0. The van der Waals surface area contributed by atoms with Gasteiger partial charge in [0.25, 0.3) is 0 Å². The zero-order chi connectivity index (χ0) is 13.2. The quantitative estimate of drug-likeness (QED) is 0.644. The first-order valence-electron chi connectivity index (χ1n) is 4.50. The summed E-state index contributed by atoms with van der Waals surface area (Å²) in [6.07, 6.45) is -3.14. The molecular formula is C11H8F4O2. The van der Waals surface area contributed by atoms with E-state index in [1.165, 1.54) is 6.92 Å². The van der Waals surface area contributed by atoms with Gasteiger partial charge in [0.05, 0.1) is 5.56 Å². The van der Waals surface area contributed by atoms with Crippen LogP contribution in [0.15, 0.2) is 18.2 Å². The molecule has 0 bridgehead atoms. The molecule has 0 saturated carbocycles. The van der Waals surface area contributed by atoms with E-state index in [-0.39, 0.29) is 11.1 Å². The van der Waals surface area contributed by atoms with Crippen molar-refractivity contribution in [2.45, 2.75) is 13.1 Å². The van der Waals surface area contributed by atoms with E-state index < -0.39 is 23.5 Å². The standard InChI is InChI=1S/C11H8F4O2/c1-6-4-7(2-3-9(16)17)5-8(10(6)12)11(13,14)15/h2-5H,1H3,(H,16,17). The van der Waals surface area contributed by atoms with Crippen molar-refractivity contribution in [3.63, 3.8) is 0 Å². The number of carbonyl (C=O) groups is 1. The lowest BCUT2D eigenvalue weighted by molar-refractivity contribution is -0.140. The predicted octanol–water partition coefficient (Wildman–Crippen LogP) is 3.25. The van der Waals surface area contributed by atoms with Crippen molar-refractivity contribution in [3.8, 4) is 0 Å². The first-order valence-corrected chi connectivity index (χ1v) is 4.50. The Bertz CT molecular complexity index is 475. The van der Waals surface area contributed by atoms with Crippen LogP contribution in [0.4, 0.5) is 17.6 Å². The van der Waals surface area contributed by atoms with Gasteiger partial charge in [-0.1, -0.05) is 0 Å². The Morgan fingerprint density at radius 1 is 1.35 bits per heavy atom. The molecule has 6 heteroatoms. The number of hydrogen-bond donors (Lipinski definition) is 1. The van der Waals surface area contributed by atoms with Gasteiger partial charge in [-0.05, 0) is 36.3 Å². The number of aliphatic carboxylic acids is 1. The van der Waals surface area contributed by atoms with Crippen molar-refractivity contribution >= 4 is 12.0 Å². The molecule has 0 aliphatic heterocycles. The van der Waals surface area contributed by atoms with Gasteiger partial charge in [0, 0.05) is 6.08 Å². The summed E-state index contributed by atoms with van der Waals surface area (Å²) >= 11 is 0. The lowest BCUT2D eigenvalue weighted by Crippen LogP contribution is -2.09. The minimum Gasteiger partial charge on any atom is -0.478 e. The zero-order valence-corrected chi connectivity index (χ0v) is 8.68. The molecule has 0 unspecified atom stereocenters. The SMILES string of the molecule is Cc1cc(C=CC(=O)O)cc(C(F)(F)F)c1F. The highest BCUT2D eigenvalue weighted by Gasteiger charge is 2.34. The largest absolute Gasteiger partial charge is 0.478 e. The van der Waals surface area contributed by atoms with Crippen molar-refractivity contribution in [2.24, 2.45) is 0 Å². The molecule has 0 aromatic heterocycles. The first kappa shape index (κ1) is 13.2. The van der Waals surface area contributed by atoms with Gasteiger partial charge < -0.3 is 5.11 Å². The van der Waals surface area contributed by atoms with Crippen molar-refractivity contribution < 1.29 is 27.5 Å². The van der Waals surface area contributed by atoms with Gasteiger partial charge >= 0.3 is 12.1 Å². The van der Waals surface area contributed by atoms with E-state index >= 15 is 0 Å². The molecule has 1 aromatic carbocycles. The van der Waals surface area contributed by atoms with Crippen molar-refractivity contribution in [1.82, 2.24) is 0 Å². The molecule has 2 nitrogen and oxygen atoms in total. The third kappa shape index (κ3) is 3.30. The molecule has 0 aliphatic rings. The van der Waals surface area contributed by atoms with Crippen LogP contribution in [0.25, 0.3) is 6.08 Å². The minimum atomic E-state index is -4.80. The molecule has 0 fully saturated rings. The van der Waals surface area contributed by atoms with Crippen LogP contribution < -0.4 is 0 Å². The van der Waals surface area contributed by atoms with Gasteiger partial charge in [0.15, 0.2) is 0 Å². The highest BCUT2D eigenvalue weighted by atomic mass is 19.4. The molecule has 92 valence electrons. The van der Waals surface area contributed by atoms with E-state index in [0.29, 0.717) is 12.1 Å². The van der Waals surface area contributed by atoms with Crippen molar-refractivity contribution in [2.75, 3.05) is 0 Å². The fraction of sp³-hybridized carbons (Fsp3) is 0.182. The topological polar surface area (TPSA) is 37.3 Å². The van der Waals surface area contributed by atoms with E-state index in [4.69, 9.17) is 5.11 Å². The molecule has 1 N–H and O–H groups in total. The van der Waals surface area contributed by atoms with Crippen LogP contribution in [0.3, 0.4) is 0 Å². The molecule has 0 heterocycles.